The fourth-order valence-electron chi connectivity index (χ4n) is 4.40. The number of nitrogens with zero attached hydrogens (tertiary/aromatic N) is 2. The van der Waals surface area contributed by atoms with Crippen LogP contribution in [-0.2, 0) is 6.42 Å². The van der Waals surface area contributed by atoms with Crippen LogP contribution in [0.5, 0.6) is 0 Å². The van der Waals surface area contributed by atoms with E-state index >= 15 is 0 Å². The molecule has 2 heterocycles. The van der Waals surface area contributed by atoms with Crippen molar-refractivity contribution >= 4 is 10.9 Å². The average molecular weight is 368 g/mol. The Bertz CT molecular complexity index is 1090. The van der Waals surface area contributed by atoms with Crippen molar-refractivity contribution in [3.8, 4) is 11.1 Å². The highest BCUT2D eigenvalue weighted by Crippen LogP contribution is 2.37. The predicted octanol–water partition coefficient (Wildman–Crippen LogP) is 5.35. The molecule has 0 aliphatic heterocycles. The molecule has 0 saturated carbocycles. The normalized spacial score (nSPS) is 17.4. The number of rotatable bonds is 4. The molecule has 2 aromatic carbocycles. The van der Waals surface area contributed by atoms with Gasteiger partial charge in [-0.15, -0.1) is 0 Å². The Balaban J connectivity index is 1.49. The molecule has 1 aliphatic rings. The van der Waals surface area contributed by atoms with Crippen molar-refractivity contribution in [3.63, 3.8) is 0 Å². The van der Waals surface area contributed by atoms with Gasteiger partial charge in [0.1, 0.15) is 6.33 Å². The van der Waals surface area contributed by atoms with E-state index in [1.807, 2.05) is 12.4 Å². The lowest BCUT2D eigenvalue weighted by atomic mass is 9.90. The Morgan fingerprint density at radius 1 is 1.04 bits per heavy atom. The Morgan fingerprint density at radius 2 is 1.86 bits per heavy atom. The number of nitrogens with one attached hydrogen (secondary N) is 2. The van der Waals surface area contributed by atoms with Gasteiger partial charge in [0, 0.05) is 46.6 Å². The summed E-state index contributed by atoms with van der Waals surface area (Å²) < 4.78 is 0. The van der Waals surface area contributed by atoms with Gasteiger partial charge in [-0.3, -0.25) is 0 Å². The van der Waals surface area contributed by atoms with Crippen LogP contribution in [0, 0.1) is 0 Å². The lowest BCUT2D eigenvalue weighted by Gasteiger charge is -2.27. The molecular weight excluding hydrogens is 344 g/mol. The molecule has 0 saturated heterocycles. The zero-order valence-electron chi connectivity index (χ0n) is 16.0. The number of aromatic nitrogens is 3. The third-order valence-electron chi connectivity index (χ3n) is 5.85. The summed E-state index contributed by atoms with van der Waals surface area (Å²) in [5, 5.41) is 5.18. The molecular formula is C24H24N4. The van der Waals surface area contributed by atoms with Crippen molar-refractivity contribution in [2.75, 3.05) is 0 Å². The van der Waals surface area contributed by atoms with Crippen molar-refractivity contribution in [1.82, 2.24) is 20.3 Å². The zero-order valence-corrected chi connectivity index (χ0v) is 16.0. The SMILES string of the molecule is CC(NC1CCCc2c1[nH]c1ccc(-c3cncnc3)cc21)c1ccccc1. The van der Waals surface area contributed by atoms with E-state index in [1.165, 1.54) is 39.7 Å². The zero-order chi connectivity index (χ0) is 18.9. The molecule has 4 aromatic rings. The highest BCUT2D eigenvalue weighted by Gasteiger charge is 2.25. The van der Waals surface area contributed by atoms with Gasteiger partial charge in [0.05, 0.1) is 0 Å². The summed E-state index contributed by atoms with van der Waals surface area (Å²) in [6, 6.07) is 18.0. The van der Waals surface area contributed by atoms with Gasteiger partial charge in [-0.2, -0.15) is 0 Å². The topological polar surface area (TPSA) is 53.6 Å². The van der Waals surface area contributed by atoms with Gasteiger partial charge in [0.25, 0.3) is 0 Å². The maximum atomic E-state index is 4.16. The van der Waals surface area contributed by atoms with E-state index in [-0.39, 0.29) is 0 Å². The van der Waals surface area contributed by atoms with Crippen molar-refractivity contribution < 1.29 is 0 Å². The van der Waals surface area contributed by atoms with Gasteiger partial charge in [-0.05, 0) is 55.0 Å². The van der Waals surface area contributed by atoms with Gasteiger partial charge >= 0.3 is 0 Å². The van der Waals surface area contributed by atoms with Crippen LogP contribution < -0.4 is 5.32 Å². The molecule has 28 heavy (non-hydrogen) atoms. The fourth-order valence-corrected chi connectivity index (χ4v) is 4.40. The first kappa shape index (κ1) is 17.1. The number of hydrogen-bond donors (Lipinski definition) is 2. The first-order chi connectivity index (χ1) is 13.8. The third kappa shape index (κ3) is 3.10. The molecule has 0 spiro atoms. The second-order valence-electron chi connectivity index (χ2n) is 7.65. The molecule has 2 aromatic heterocycles. The molecule has 4 nitrogen and oxygen atoms in total. The van der Waals surface area contributed by atoms with E-state index in [0.717, 1.165) is 18.4 Å². The van der Waals surface area contributed by atoms with Gasteiger partial charge in [0.2, 0.25) is 0 Å². The van der Waals surface area contributed by atoms with Crippen LogP contribution in [0.2, 0.25) is 0 Å². The minimum Gasteiger partial charge on any atom is -0.357 e. The molecule has 0 fully saturated rings. The van der Waals surface area contributed by atoms with Crippen molar-refractivity contribution in [2.45, 2.75) is 38.3 Å². The van der Waals surface area contributed by atoms with E-state index < -0.39 is 0 Å². The molecule has 140 valence electrons. The molecule has 2 unspecified atom stereocenters. The molecule has 0 amide bonds. The molecule has 0 bridgehead atoms. The summed E-state index contributed by atoms with van der Waals surface area (Å²) in [6.07, 6.45) is 8.82. The van der Waals surface area contributed by atoms with Gasteiger partial charge in [-0.1, -0.05) is 36.4 Å². The van der Waals surface area contributed by atoms with Gasteiger partial charge in [-0.25, -0.2) is 9.97 Å². The van der Waals surface area contributed by atoms with Crippen LogP contribution in [0.4, 0.5) is 0 Å². The van der Waals surface area contributed by atoms with Crippen LogP contribution in [0.15, 0.2) is 67.3 Å². The lowest BCUT2D eigenvalue weighted by Crippen LogP contribution is -2.27. The summed E-state index contributed by atoms with van der Waals surface area (Å²) >= 11 is 0. The van der Waals surface area contributed by atoms with Crippen LogP contribution in [0.25, 0.3) is 22.0 Å². The van der Waals surface area contributed by atoms with Crippen molar-refractivity contribution in [1.29, 1.82) is 0 Å². The number of H-pyrrole nitrogens is 1. The first-order valence-electron chi connectivity index (χ1n) is 10.0. The summed E-state index contributed by atoms with van der Waals surface area (Å²) in [6.45, 7) is 2.25. The van der Waals surface area contributed by atoms with E-state index in [1.54, 1.807) is 6.33 Å². The standard InChI is InChI=1S/C24H24N4/c1-16(17-6-3-2-4-7-17)27-23-9-5-8-20-21-12-18(19-13-25-15-26-14-19)10-11-22(21)28-24(20)23/h2-4,6-7,10-16,23,27-28H,5,8-9H2,1H3. The van der Waals surface area contributed by atoms with Crippen LogP contribution in [0.3, 0.4) is 0 Å². The van der Waals surface area contributed by atoms with Gasteiger partial charge in [0.15, 0.2) is 0 Å². The Hall–Kier alpha value is -2.98. The van der Waals surface area contributed by atoms with Gasteiger partial charge < -0.3 is 10.3 Å². The Kier molecular flexibility index (Phi) is 4.41. The maximum Gasteiger partial charge on any atom is 0.115 e. The molecule has 0 radical (unpaired) electrons. The van der Waals surface area contributed by atoms with E-state index in [4.69, 9.17) is 0 Å². The maximum absolute atomic E-state index is 4.16. The minimum absolute atomic E-state index is 0.320. The summed E-state index contributed by atoms with van der Waals surface area (Å²) in [5.41, 5.74) is 7.58. The number of fused-ring (bicyclic) bond motifs is 3. The Morgan fingerprint density at radius 3 is 2.68 bits per heavy atom. The molecule has 5 rings (SSSR count). The third-order valence-corrected chi connectivity index (χ3v) is 5.85. The largest absolute Gasteiger partial charge is 0.357 e. The second-order valence-corrected chi connectivity index (χ2v) is 7.65. The van der Waals surface area contributed by atoms with E-state index in [9.17, 15) is 0 Å². The van der Waals surface area contributed by atoms with Crippen LogP contribution in [0.1, 0.15) is 48.7 Å². The fraction of sp³-hybridized carbons (Fsp3) is 0.250. The van der Waals surface area contributed by atoms with E-state index in [2.05, 4.69) is 75.7 Å². The molecule has 1 aliphatic carbocycles. The lowest BCUT2D eigenvalue weighted by molar-refractivity contribution is 0.410. The Labute approximate surface area is 165 Å². The molecule has 2 atom stereocenters. The minimum atomic E-state index is 0.320. The summed E-state index contributed by atoms with van der Waals surface area (Å²) in [7, 11) is 0. The number of hydrogen-bond acceptors (Lipinski definition) is 3. The summed E-state index contributed by atoms with van der Waals surface area (Å²) in [5.74, 6) is 0. The monoisotopic (exact) mass is 368 g/mol. The smallest absolute Gasteiger partial charge is 0.115 e. The first-order valence-corrected chi connectivity index (χ1v) is 10.0. The predicted molar refractivity (Wildman–Crippen MR) is 113 cm³/mol. The highest BCUT2D eigenvalue weighted by molar-refractivity contribution is 5.89. The highest BCUT2D eigenvalue weighted by atomic mass is 15.0. The van der Waals surface area contributed by atoms with Crippen molar-refractivity contribution in [3.05, 3.63) is 84.1 Å². The summed E-state index contributed by atoms with van der Waals surface area (Å²) in [4.78, 5) is 12.0. The van der Waals surface area contributed by atoms with E-state index in [0.29, 0.717) is 12.1 Å². The van der Waals surface area contributed by atoms with Crippen molar-refractivity contribution in [2.24, 2.45) is 0 Å². The van der Waals surface area contributed by atoms with Crippen LogP contribution in [-0.4, -0.2) is 15.0 Å². The second kappa shape index (κ2) is 7.21. The number of benzene rings is 2. The number of aryl methyl sites for hydroxylation is 1. The quantitative estimate of drug-likeness (QED) is 0.510. The molecule has 2 N–H and O–H groups in total. The van der Waals surface area contributed by atoms with Crippen LogP contribution >= 0.6 is 0 Å². The molecule has 4 heteroatoms. The average Bonchev–Trinajstić information content (AvgIpc) is 3.14. The number of aromatic amines is 1.